The van der Waals surface area contributed by atoms with E-state index in [9.17, 15) is 9.50 Å². The lowest BCUT2D eigenvalue weighted by molar-refractivity contribution is 0.152. The Balaban J connectivity index is 3.22. The minimum atomic E-state index is -0.927. The lowest BCUT2D eigenvalue weighted by Gasteiger charge is -2.18. The molecule has 0 aliphatic carbocycles. The summed E-state index contributed by atoms with van der Waals surface area (Å²) in [6.07, 6.45) is -0.927. The Bertz CT molecular complexity index is 358. The van der Waals surface area contributed by atoms with Gasteiger partial charge in [-0.3, -0.25) is 0 Å². The number of rotatable bonds is 3. The molecule has 1 aromatic rings. The second-order valence-corrected chi connectivity index (χ2v) is 4.11. The molecule has 15 heavy (non-hydrogen) atoms. The molecule has 0 saturated heterocycles. The zero-order chi connectivity index (χ0) is 11.6. The van der Waals surface area contributed by atoms with E-state index in [0.717, 1.165) is 0 Å². The molecule has 0 aromatic heterocycles. The van der Waals surface area contributed by atoms with E-state index in [1.165, 1.54) is 19.2 Å². The van der Waals surface area contributed by atoms with Crippen LogP contribution < -0.4 is 10.5 Å². The molecule has 5 heteroatoms. The highest BCUT2D eigenvalue weighted by Crippen LogP contribution is 2.34. The molecule has 1 rings (SSSR count). The van der Waals surface area contributed by atoms with Crippen LogP contribution in [0.3, 0.4) is 0 Å². The lowest BCUT2D eigenvalue weighted by atomic mass is 10.0. The van der Waals surface area contributed by atoms with Gasteiger partial charge in [0.15, 0.2) is 0 Å². The lowest BCUT2D eigenvalue weighted by Crippen LogP contribution is -2.24. The van der Waals surface area contributed by atoms with Crippen LogP contribution in [0.1, 0.15) is 18.6 Å². The van der Waals surface area contributed by atoms with Crippen molar-refractivity contribution in [2.24, 2.45) is 5.73 Å². The van der Waals surface area contributed by atoms with Gasteiger partial charge in [-0.1, -0.05) is 0 Å². The van der Waals surface area contributed by atoms with Crippen molar-refractivity contribution in [1.29, 1.82) is 0 Å². The quantitative estimate of drug-likeness (QED) is 0.888. The molecule has 2 atom stereocenters. The number of hydrogen-bond donors (Lipinski definition) is 2. The Kier molecular flexibility index (Phi) is 4.07. The average molecular weight is 278 g/mol. The van der Waals surface area contributed by atoms with E-state index in [1.54, 1.807) is 6.92 Å². The number of benzene rings is 1. The van der Waals surface area contributed by atoms with Gasteiger partial charge in [-0.2, -0.15) is 0 Å². The van der Waals surface area contributed by atoms with Crippen molar-refractivity contribution in [3.05, 3.63) is 28.0 Å². The Labute approximate surface area is 96.2 Å². The molecular formula is C10H13BrFNO2. The van der Waals surface area contributed by atoms with Crippen molar-refractivity contribution in [1.82, 2.24) is 0 Å². The highest BCUT2D eigenvalue weighted by molar-refractivity contribution is 9.10. The summed E-state index contributed by atoms with van der Waals surface area (Å²) < 4.78 is 18.6. The molecule has 0 aliphatic rings. The number of nitrogens with two attached hydrogens (primary N) is 1. The van der Waals surface area contributed by atoms with E-state index >= 15 is 0 Å². The molecular weight excluding hydrogens is 265 g/mol. The van der Waals surface area contributed by atoms with Gasteiger partial charge >= 0.3 is 0 Å². The van der Waals surface area contributed by atoms with Gasteiger partial charge in [-0.25, -0.2) is 4.39 Å². The Morgan fingerprint density at radius 3 is 2.60 bits per heavy atom. The van der Waals surface area contributed by atoms with Crippen molar-refractivity contribution in [2.45, 2.75) is 19.1 Å². The monoisotopic (exact) mass is 277 g/mol. The maximum Gasteiger partial charge on any atom is 0.136 e. The van der Waals surface area contributed by atoms with Crippen LogP contribution in [0.2, 0.25) is 0 Å². The Morgan fingerprint density at radius 2 is 2.13 bits per heavy atom. The summed E-state index contributed by atoms with van der Waals surface area (Å²) in [7, 11) is 1.43. The molecule has 0 amide bonds. The fourth-order valence-electron chi connectivity index (χ4n) is 1.23. The van der Waals surface area contributed by atoms with Crippen molar-refractivity contribution < 1.29 is 14.2 Å². The largest absolute Gasteiger partial charge is 0.495 e. The first-order chi connectivity index (χ1) is 6.97. The van der Waals surface area contributed by atoms with Crippen LogP contribution in [0, 0.1) is 5.82 Å². The minimum absolute atomic E-state index is 0.338. The summed E-state index contributed by atoms with van der Waals surface area (Å²) in [5, 5.41) is 9.75. The normalized spacial score (nSPS) is 14.8. The minimum Gasteiger partial charge on any atom is -0.495 e. The van der Waals surface area contributed by atoms with Gasteiger partial charge in [-0.15, -0.1) is 0 Å². The average Bonchev–Trinajstić information content (AvgIpc) is 2.19. The third kappa shape index (κ3) is 2.68. The Morgan fingerprint density at radius 1 is 1.53 bits per heavy atom. The van der Waals surface area contributed by atoms with E-state index in [2.05, 4.69) is 15.9 Å². The molecule has 0 aliphatic heterocycles. The maximum absolute atomic E-state index is 13.2. The van der Waals surface area contributed by atoms with Crippen molar-refractivity contribution >= 4 is 15.9 Å². The van der Waals surface area contributed by atoms with E-state index < -0.39 is 18.0 Å². The van der Waals surface area contributed by atoms with Crippen molar-refractivity contribution in [3.63, 3.8) is 0 Å². The molecule has 0 spiro atoms. The number of halogens is 2. The molecule has 0 radical (unpaired) electrons. The van der Waals surface area contributed by atoms with Crippen LogP contribution in [0.5, 0.6) is 5.75 Å². The van der Waals surface area contributed by atoms with Crippen LogP contribution in [0.4, 0.5) is 4.39 Å². The van der Waals surface area contributed by atoms with Gasteiger partial charge in [0.1, 0.15) is 11.6 Å². The molecule has 84 valence electrons. The third-order valence-electron chi connectivity index (χ3n) is 2.07. The highest BCUT2D eigenvalue weighted by atomic mass is 79.9. The van der Waals surface area contributed by atoms with Crippen molar-refractivity contribution in [3.8, 4) is 5.75 Å². The molecule has 0 heterocycles. The molecule has 0 saturated carbocycles. The van der Waals surface area contributed by atoms with Crippen LogP contribution >= 0.6 is 15.9 Å². The van der Waals surface area contributed by atoms with Gasteiger partial charge in [0.05, 0.1) is 17.7 Å². The fourth-order valence-corrected chi connectivity index (χ4v) is 1.86. The maximum atomic E-state index is 13.2. The number of aliphatic hydroxyl groups is 1. The van der Waals surface area contributed by atoms with Gasteiger partial charge in [0, 0.05) is 17.7 Å². The van der Waals surface area contributed by atoms with Crippen LogP contribution in [-0.2, 0) is 0 Å². The van der Waals surface area contributed by atoms with Gasteiger partial charge in [0.2, 0.25) is 0 Å². The van der Waals surface area contributed by atoms with E-state index in [4.69, 9.17) is 10.5 Å². The summed E-state index contributed by atoms with van der Waals surface area (Å²) in [5.74, 6) is -0.130. The van der Waals surface area contributed by atoms with E-state index in [0.29, 0.717) is 15.8 Å². The van der Waals surface area contributed by atoms with Crippen LogP contribution in [-0.4, -0.2) is 18.3 Å². The first-order valence-corrected chi connectivity index (χ1v) is 5.23. The molecule has 3 N–H and O–H groups in total. The van der Waals surface area contributed by atoms with E-state index in [-0.39, 0.29) is 0 Å². The number of methoxy groups -OCH3 is 1. The van der Waals surface area contributed by atoms with Crippen LogP contribution in [0.25, 0.3) is 0 Å². The summed E-state index contributed by atoms with van der Waals surface area (Å²) in [6.45, 7) is 1.65. The van der Waals surface area contributed by atoms with Gasteiger partial charge in [0.25, 0.3) is 0 Å². The molecule has 0 fully saturated rings. The molecule has 2 unspecified atom stereocenters. The summed E-state index contributed by atoms with van der Waals surface area (Å²) in [6, 6.07) is 2.00. The Hall–Kier alpha value is -0.650. The van der Waals surface area contributed by atoms with Gasteiger partial charge in [-0.05, 0) is 28.9 Å². The zero-order valence-corrected chi connectivity index (χ0v) is 10.1. The second kappa shape index (κ2) is 4.92. The first-order valence-electron chi connectivity index (χ1n) is 4.44. The SMILES string of the molecule is COc1cc(F)cc(C(O)C(C)N)c1Br. The van der Waals surface area contributed by atoms with E-state index in [1.807, 2.05) is 0 Å². The summed E-state index contributed by atoms with van der Waals surface area (Å²) >= 11 is 3.24. The molecule has 0 bridgehead atoms. The number of aliphatic hydroxyl groups excluding tert-OH is 1. The third-order valence-corrected chi connectivity index (χ3v) is 2.92. The zero-order valence-electron chi connectivity index (χ0n) is 8.50. The predicted octanol–water partition coefficient (Wildman–Crippen LogP) is 1.98. The standard InChI is InChI=1S/C10H13BrFNO2/c1-5(13)10(14)7-3-6(12)4-8(15-2)9(7)11/h3-5,10,14H,13H2,1-2H3. The smallest absolute Gasteiger partial charge is 0.136 e. The predicted molar refractivity (Wildman–Crippen MR) is 59.3 cm³/mol. The highest BCUT2D eigenvalue weighted by Gasteiger charge is 2.19. The van der Waals surface area contributed by atoms with Gasteiger partial charge < -0.3 is 15.6 Å². The first kappa shape index (κ1) is 12.4. The fraction of sp³-hybridized carbons (Fsp3) is 0.400. The second-order valence-electron chi connectivity index (χ2n) is 3.32. The number of hydrogen-bond acceptors (Lipinski definition) is 3. The topological polar surface area (TPSA) is 55.5 Å². The van der Waals surface area contributed by atoms with Crippen LogP contribution in [0.15, 0.2) is 16.6 Å². The molecule has 1 aromatic carbocycles. The van der Waals surface area contributed by atoms with Crippen molar-refractivity contribution in [2.75, 3.05) is 7.11 Å². The number of ether oxygens (including phenoxy) is 1. The summed E-state index contributed by atoms with van der Waals surface area (Å²) in [5.41, 5.74) is 5.93. The summed E-state index contributed by atoms with van der Waals surface area (Å²) in [4.78, 5) is 0. The molecule has 3 nitrogen and oxygen atoms in total.